The topological polar surface area (TPSA) is 100 Å². The van der Waals surface area contributed by atoms with Crippen LogP contribution in [0.2, 0.25) is 0 Å². The van der Waals surface area contributed by atoms with E-state index >= 15 is 0 Å². The molecule has 7 nitrogen and oxygen atoms in total. The van der Waals surface area contributed by atoms with E-state index in [0.717, 1.165) is 33.8 Å². The number of carbonyl (C=O) groups excluding carboxylic acids is 3. The second kappa shape index (κ2) is 12.3. The van der Waals surface area contributed by atoms with Crippen molar-refractivity contribution in [1.29, 1.82) is 0 Å². The van der Waals surface area contributed by atoms with Gasteiger partial charge in [-0.3, -0.25) is 9.59 Å². The fourth-order valence-electron chi connectivity index (χ4n) is 3.88. The molecule has 0 bridgehead atoms. The Balaban J connectivity index is 1.54. The maximum atomic E-state index is 13.5. The summed E-state index contributed by atoms with van der Waals surface area (Å²) in [6.07, 6.45) is 1.42. The highest BCUT2D eigenvalue weighted by atomic mass is 32.2. The van der Waals surface area contributed by atoms with Gasteiger partial charge in [-0.15, -0.1) is 0 Å². The highest BCUT2D eigenvalue weighted by Gasteiger charge is 2.26. The molecule has 3 N–H and O–H groups in total. The number of hydrogen-bond donors (Lipinski definition) is 3. The van der Waals surface area contributed by atoms with Crippen LogP contribution in [0.5, 0.6) is 0 Å². The number of fused-ring (bicyclic) bond motifs is 1. The zero-order chi connectivity index (χ0) is 26.2. The minimum Gasteiger partial charge on any atom is -0.445 e. The summed E-state index contributed by atoms with van der Waals surface area (Å²) >= 11 is 0.937. The number of ether oxygens (including phenoxy) is 1. The molecule has 3 aromatic carbocycles. The highest BCUT2D eigenvalue weighted by Crippen LogP contribution is 2.27. The van der Waals surface area contributed by atoms with E-state index in [2.05, 4.69) is 15.6 Å². The first kappa shape index (κ1) is 26.0. The lowest BCUT2D eigenvalue weighted by molar-refractivity contribution is -0.112. The van der Waals surface area contributed by atoms with E-state index in [9.17, 15) is 14.4 Å². The summed E-state index contributed by atoms with van der Waals surface area (Å²) in [5, 5.41) is 6.28. The molecule has 8 heteroatoms. The van der Waals surface area contributed by atoms with Gasteiger partial charge in [0.2, 0.25) is 5.12 Å². The molecule has 0 unspecified atom stereocenters. The van der Waals surface area contributed by atoms with Gasteiger partial charge in [0.05, 0.1) is 5.56 Å². The minimum atomic E-state index is -0.881. The molecule has 37 heavy (non-hydrogen) atoms. The quantitative estimate of drug-likeness (QED) is 0.257. The van der Waals surface area contributed by atoms with Crippen LogP contribution < -0.4 is 10.6 Å². The summed E-state index contributed by atoms with van der Waals surface area (Å²) in [5.74, 6) is -0.255. The van der Waals surface area contributed by atoms with Gasteiger partial charge in [0, 0.05) is 34.5 Å². The lowest BCUT2D eigenvalue weighted by Crippen LogP contribution is -2.41. The normalized spacial score (nSPS) is 11.8. The number of nitrogens with one attached hydrogen (secondary N) is 3. The standard InChI is InChI=1S/C29H29N3O4S/c1-19(2)31-27(33)23-13-7-9-15-26(23)37-28(34)25(16-21-17-30-24-14-8-6-12-22(21)24)32-29(35)36-18-20-10-4-3-5-11-20/h3-15,17,19,25,30H,16,18H2,1-2H3,(H,31,33)(H,32,35)/t25-/m0/s1. The lowest BCUT2D eigenvalue weighted by Gasteiger charge is -2.18. The van der Waals surface area contributed by atoms with Crippen molar-refractivity contribution in [3.05, 3.63) is 102 Å². The van der Waals surface area contributed by atoms with Crippen molar-refractivity contribution in [2.45, 2.75) is 43.9 Å². The Bertz CT molecular complexity index is 1380. The predicted molar refractivity (Wildman–Crippen MR) is 145 cm³/mol. The van der Waals surface area contributed by atoms with Crippen molar-refractivity contribution < 1.29 is 19.1 Å². The summed E-state index contributed by atoms with van der Waals surface area (Å²) in [7, 11) is 0. The maximum Gasteiger partial charge on any atom is 0.408 e. The van der Waals surface area contributed by atoms with Crippen molar-refractivity contribution in [3.63, 3.8) is 0 Å². The predicted octanol–water partition coefficient (Wildman–Crippen LogP) is 5.46. The van der Waals surface area contributed by atoms with E-state index < -0.39 is 12.1 Å². The Morgan fingerprint density at radius 2 is 1.59 bits per heavy atom. The van der Waals surface area contributed by atoms with Crippen LogP contribution in [0.15, 0.2) is 90.0 Å². The van der Waals surface area contributed by atoms with Crippen LogP contribution in [0.4, 0.5) is 4.79 Å². The smallest absolute Gasteiger partial charge is 0.408 e. The summed E-state index contributed by atoms with van der Waals surface area (Å²) in [6.45, 7) is 3.84. The average Bonchev–Trinajstić information content (AvgIpc) is 3.30. The molecular weight excluding hydrogens is 486 g/mol. The van der Waals surface area contributed by atoms with E-state index in [1.807, 2.05) is 74.6 Å². The Morgan fingerprint density at radius 1 is 0.892 bits per heavy atom. The molecule has 0 radical (unpaired) electrons. The number of alkyl carbamates (subject to hydrolysis) is 1. The van der Waals surface area contributed by atoms with E-state index in [-0.39, 0.29) is 30.1 Å². The third-order valence-corrected chi connectivity index (χ3v) is 6.71. The van der Waals surface area contributed by atoms with E-state index in [0.29, 0.717) is 10.5 Å². The molecule has 190 valence electrons. The fourth-order valence-corrected chi connectivity index (χ4v) is 4.80. The number of aromatic nitrogens is 1. The monoisotopic (exact) mass is 515 g/mol. The second-order valence-corrected chi connectivity index (χ2v) is 9.91. The third kappa shape index (κ3) is 7.01. The number of para-hydroxylation sites is 1. The van der Waals surface area contributed by atoms with E-state index in [4.69, 9.17) is 4.74 Å². The van der Waals surface area contributed by atoms with Gasteiger partial charge >= 0.3 is 6.09 Å². The molecule has 1 aromatic heterocycles. The SMILES string of the molecule is CC(C)NC(=O)c1ccccc1SC(=O)[C@H](Cc1c[nH]c2ccccc12)NC(=O)OCc1ccccc1. The molecular formula is C29H29N3O4S. The summed E-state index contributed by atoms with van der Waals surface area (Å²) in [4.78, 5) is 42.7. The van der Waals surface area contributed by atoms with Gasteiger partial charge in [0.25, 0.3) is 5.91 Å². The van der Waals surface area contributed by atoms with Gasteiger partial charge < -0.3 is 20.4 Å². The van der Waals surface area contributed by atoms with Crippen LogP contribution in [0, 0.1) is 0 Å². The van der Waals surface area contributed by atoms with Gasteiger partial charge in [0.15, 0.2) is 0 Å². The first-order valence-electron chi connectivity index (χ1n) is 12.0. The largest absolute Gasteiger partial charge is 0.445 e. The Labute approximate surface area is 220 Å². The number of H-pyrrole nitrogens is 1. The highest BCUT2D eigenvalue weighted by molar-refractivity contribution is 8.13. The zero-order valence-electron chi connectivity index (χ0n) is 20.7. The van der Waals surface area contributed by atoms with Crippen LogP contribution in [0.25, 0.3) is 10.9 Å². The van der Waals surface area contributed by atoms with Crippen molar-refractivity contribution in [3.8, 4) is 0 Å². The van der Waals surface area contributed by atoms with Crippen LogP contribution in [-0.4, -0.2) is 34.2 Å². The second-order valence-electron chi connectivity index (χ2n) is 8.87. The molecule has 4 aromatic rings. The summed E-state index contributed by atoms with van der Waals surface area (Å²) in [6, 6.07) is 23.1. The number of rotatable bonds is 9. The Hall–Kier alpha value is -4.04. The lowest BCUT2D eigenvalue weighted by atomic mass is 10.1. The zero-order valence-corrected chi connectivity index (χ0v) is 21.5. The van der Waals surface area contributed by atoms with Crippen LogP contribution in [0.3, 0.4) is 0 Å². The number of aromatic amines is 1. The van der Waals surface area contributed by atoms with Gasteiger partial charge in [-0.1, -0.05) is 60.7 Å². The molecule has 0 fully saturated rings. The number of benzene rings is 3. The maximum absolute atomic E-state index is 13.5. The molecule has 4 rings (SSSR count). The molecule has 1 heterocycles. The molecule has 0 aliphatic rings. The number of amides is 2. The van der Waals surface area contributed by atoms with E-state index in [1.54, 1.807) is 24.3 Å². The van der Waals surface area contributed by atoms with Crippen LogP contribution in [0.1, 0.15) is 35.3 Å². The van der Waals surface area contributed by atoms with Crippen LogP contribution in [-0.2, 0) is 22.6 Å². The number of thioether (sulfide) groups is 1. The molecule has 2 amide bonds. The first-order valence-corrected chi connectivity index (χ1v) is 12.9. The van der Waals surface area contributed by atoms with E-state index in [1.165, 1.54) is 0 Å². The first-order chi connectivity index (χ1) is 17.9. The summed E-state index contributed by atoms with van der Waals surface area (Å²) in [5.41, 5.74) is 3.09. The average molecular weight is 516 g/mol. The third-order valence-electron chi connectivity index (χ3n) is 5.65. The Morgan fingerprint density at radius 3 is 2.38 bits per heavy atom. The fraction of sp³-hybridized carbons (Fsp3) is 0.207. The molecule has 1 atom stereocenters. The van der Waals surface area contributed by atoms with Crippen LogP contribution >= 0.6 is 11.8 Å². The van der Waals surface area contributed by atoms with Gasteiger partial charge in [0.1, 0.15) is 12.6 Å². The number of hydrogen-bond acceptors (Lipinski definition) is 5. The van der Waals surface area contributed by atoms with Crippen molar-refractivity contribution in [2.75, 3.05) is 0 Å². The summed E-state index contributed by atoms with van der Waals surface area (Å²) < 4.78 is 5.39. The van der Waals surface area contributed by atoms with Crippen molar-refractivity contribution in [2.24, 2.45) is 0 Å². The Kier molecular flexibility index (Phi) is 8.64. The molecule has 0 aliphatic heterocycles. The number of carbonyl (C=O) groups is 3. The van der Waals surface area contributed by atoms with Gasteiger partial charge in [-0.2, -0.15) is 0 Å². The molecule has 0 saturated heterocycles. The van der Waals surface area contributed by atoms with Crippen molar-refractivity contribution in [1.82, 2.24) is 15.6 Å². The molecule has 0 spiro atoms. The van der Waals surface area contributed by atoms with Gasteiger partial charge in [-0.05, 0) is 54.9 Å². The van der Waals surface area contributed by atoms with Gasteiger partial charge in [-0.25, -0.2) is 4.79 Å². The molecule has 0 aliphatic carbocycles. The minimum absolute atomic E-state index is 0.0445. The molecule has 0 saturated carbocycles. The van der Waals surface area contributed by atoms with Crippen molar-refractivity contribution >= 4 is 39.8 Å².